The van der Waals surface area contributed by atoms with E-state index in [1.54, 1.807) is 6.07 Å². The van der Waals surface area contributed by atoms with Gasteiger partial charge < -0.3 is 9.80 Å². The molecule has 0 aromatic carbocycles. The fourth-order valence-corrected chi connectivity index (χ4v) is 3.85. The summed E-state index contributed by atoms with van der Waals surface area (Å²) in [5.41, 5.74) is 1.21. The minimum absolute atomic E-state index is 0.270. The van der Waals surface area contributed by atoms with Crippen molar-refractivity contribution in [3.8, 4) is 0 Å². The van der Waals surface area contributed by atoms with E-state index in [2.05, 4.69) is 33.0 Å². The van der Waals surface area contributed by atoms with Crippen molar-refractivity contribution >= 4 is 5.82 Å². The highest BCUT2D eigenvalue weighted by atomic mass is 19.1. The normalized spacial score (nSPS) is 24.3. The van der Waals surface area contributed by atoms with Crippen molar-refractivity contribution in [3.05, 3.63) is 42.1 Å². The van der Waals surface area contributed by atoms with E-state index in [0.29, 0.717) is 11.8 Å². The number of nitrogens with zero attached hydrogens (tertiary/aromatic N) is 5. The number of rotatable bonds is 4. The van der Waals surface area contributed by atoms with E-state index in [1.165, 1.54) is 17.8 Å². The second-order valence-electron chi connectivity index (χ2n) is 6.80. The summed E-state index contributed by atoms with van der Waals surface area (Å²) in [6.45, 7) is 8.42. The molecule has 122 valence electrons. The summed E-state index contributed by atoms with van der Waals surface area (Å²) in [7, 11) is 0. The van der Waals surface area contributed by atoms with Gasteiger partial charge in [-0.15, -0.1) is 0 Å². The first-order valence-corrected chi connectivity index (χ1v) is 8.25. The fourth-order valence-electron chi connectivity index (χ4n) is 3.85. The van der Waals surface area contributed by atoms with E-state index >= 15 is 0 Å². The molecule has 0 radical (unpaired) electrons. The van der Waals surface area contributed by atoms with E-state index in [4.69, 9.17) is 0 Å². The Balaban J connectivity index is 1.30. The average molecular weight is 315 g/mol. The third-order valence-electron chi connectivity index (χ3n) is 5.01. The molecule has 2 aromatic heterocycles. The molecule has 2 fully saturated rings. The summed E-state index contributed by atoms with van der Waals surface area (Å²) in [6, 6.07) is 3.28. The summed E-state index contributed by atoms with van der Waals surface area (Å²) in [5.74, 6) is 2.02. The molecule has 0 saturated carbocycles. The number of fused-ring (bicyclic) bond motifs is 1. The van der Waals surface area contributed by atoms with Crippen molar-refractivity contribution in [1.29, 1.82) is 0 Å². The van der Waals surface area contributed by atoms with Gasteiger partial charge in [0.1, 0.15) is 11.6 Å². The van der Waals surface area contributed by atoms with Gasteiger partial charge in [0, 0.05) is 38.9 Å². The molecule has 4 rings (SSSR count). The van der Waals surface area contributed by atoms with Crippen molar-refractivity contribution in [2.45, 2.75) is 13.5 Å². The number of halogens is 1. The molecule has 2 aromatic rings. The number of aryl methyl sites for hydroxylation is 1. The van der Waals surface area contributed by atoms with Gasteiger partial charge in [0.15, 0.2) is 0 Å². The van der Waals surface area contributed by atoms with Crippen LogP contribution in [0.25, 0.3) is 0 Å². The second kappa shape index (κ2) is 5.92. The van der Waals surface area contributed by atoms with E-state index < -0.39 is 0 Å². The van der Waals surface area contributed by atoms with Crippen molar-refractivity contribution in [2.24, 2.45) is 11.8 Å². The zero-order valence-electron chi connectivity index (χ0n) is 13.4. The van der Waals surface area contributed by atoms with Crippen molar-refractivity contribution in [1.82, 2.24) is 19.7 Å². The van der Waals surface area contributed by atoms with Crippen LogP contribution in [0.4, 0.5) is 10.2 Å². The van der Waals surface area contributed by atoms with Gasteiger partial charge in [-0.2, -0.15) is 5.10 Å². The quantitative estimate of drug-likeness (QED) is 0.862. The minimum atomic E-state index is -0.270. The summed E-state index contributed by atoms with van der Waals surface area (Å²) in [4.78, 5) is 9.05. The third kappa shape index (κ3) is 3.08. The second-order valence-corrected chi connectivity index (χ2v) is 6.80. The number of likely N-dealkylation sites (tertiary alicyclic amines) is 1. The Bertz CT molecular complexity index is 654. The topological polar surface area (TPSA) is 37.2 Å². The highest BCUT2D eigenvalue weighted by molar-refractivity contribution is 5.40. The molecular formula is C17H22FN5. The van der Waals surface area contributed by atoms with E-state index in [0.717, 1.165) is 45.1 Å². The van der Waals surface area contributed by atoms with E-state index in [9.17, 15) is 4.39 Å². The first kappa shape index (κ1) is 14.6. The van der Waals surface area contributed by atoms with Gasteiger partial charge in [-0.25, -0.2) is 9.37 Å². The van der Waals surface area contributed by atoms with Crippen LogP contribution in [0.15, 0.2) is 30.7 Å². The van der Waals surface area contributed by atoms with Crippen molar-refractivity contribution < 1.29 is 4.39 Å². The zero-order valence-corrected chi connectivity index (χ0v) is 13.4. The first-order valence-electron chi connectivity index (χ1n) is 8.25. The largest absolute Gasteiger partial charge is 0.356 e. The van der Waals surface area contributed by atoms with Crippen LogP contribution in [0.5, 0.6) is 0 Å². The standard InChI is InChI=1S/C17H22FN5/c1-13-6-20-23(8-13)5-4-21-9-14-11-22(12-15(14)10-21)17-3-2-16(18)7-19-17/h2-3,6-8,14-15H,4-5,9-12H2,1H3. The third-order valence-corrected chi connectivity index (χ3v) is 5.01. The van der Waals surface area contributed by atoms with E-state index in [1.807, 2.05) is 10.9 Å². The zero-order chi connectivity index (χ0) is 15.8. The van der Waals surface area contributed by atoms with Crippen LogP contribution in [0.1, 0.15) is 5.56 Å². The molecule has 0 spiro atoms. The van der Waals surface area contributed by atoms with E-state index in [-0.39, 0.29) is 5.82 Å². The predicted molar refractivity (Wildman–Crippen MR) is 86.8 cm³/mol. The van der Waals surface area contributed by atoms with Gasteiger partial charge in [-0.1, -0.05) is 0 Å². The smallest absolute Gasteiger partial charge is 0.141 e. The molecule has 4 heterocycles. The highest BCUT2D eigenvalue weighted by Gasteiger charge is 2.40. The first-order chi connectivity index (χ1) is 11.2. The van der Waals surface area contributed by atoms with Crippen molar-refractivity contribution in [2.75, 3.05) is 37.6 Å². The average Bonchev–Trinajstić information content (AvgIpc) is 3.20. The minimum Gasteiger partial charge on any atom is -0.356 e. The van der Waals surface area contributed by atoms with Gasteiger partial charge in [-0.3, -0.25) is 4.68 Å². The van der Waals surface area contributed by atoms with Crippen LogP contribution in [-0.4, -0.2) is 52.4 Å². The molecule has 2 aliphatic rings. The maximum absolute atomic E-state index is 13.0. The van der Waals surface area contributed by atoms with Crippen LogP contribution in [0.3, 0.4) is 0 Å². The van der Waals surface area contributed by atoms with Crippen LogP contribution >= 0.6 is 0 Å². The number of hydrogen-bond donors (Lipinski definition) is 0. The number of pyridine rings is 1. The molecule has 2 unspecified atom stereocenters. The number of aromatic nitrogens is 3. The highest BCUT2D eigenvalue weighted by Crippen LogP contribution is 2.33. The summed E-state index contributed by atoms with van der Waals surface area (Å²) >= 11 is 0. The Kier molecular flexibility index (Phi) is 3.77. The molecule has 6 heteroatoms. The molecule has 0 aliphatic carbocycles. The molecule has 0 N–H and O–H groups in total. The molecule has 0 amide bonds. The monoisotopic (exact) mass is 315 g/mol. The van der Waals surface area contributed by atoms with Gasteiger partial charge in [-0.05, 0) is 36.5 Å². The Labute approximate surface area is 135 Å². The summed E-state index contributed by atoms with van der Waals surface area (Å²) < 4.78 is 15.0. The Morgan fingerprint density at radius 1 is 1.09 bits per heavy atom. The van der Waals surface area contributed by atoms with Gasteiger partial charge in [0.2, 0.25) is 0 Å². The SMILES string of the molecule is Cc1cnn(CCN2CC3CN(c4ccc(F)cn4)CC3C2)c1. The molecule has 0 bridgehead atoms. The van der Waals surface area contributed by atoms with Gasteiger partial charge in [0.05, 0.1) is 18.9 Å². The fraction of sp³-hybridized carbons (Fsp3) is 0.529. The van der Waals surface area contributed by atoms with Crippen LogP contribution < -0.4 is 4.90 Å². The predicted octanol–water partition coefficient (Wildman–Crippen LogP) is 1.79. The summed E-state index contributed by atoms with van der Waals surface area (Å²) in [5, 5.41) is 4.35. The lowest BCUT2D eigenvalue weighted by Gasteiger charge is -2.22. The van der Waals surface area contributed by atoms with Crippen LogP contribution in [-0.2, 0) is 6.54 Å². The lowest BCUT2D eigenvalue weighted by Crippen LogP contribution is -2.31. The lowest BCUT2D eigenvalue weighted by molar-refractivity contribution is 0.296. The maximum atomic E-state index is 13.0. The van der Waals surface area contributed by atoms with Gasteiger partial charge in [0.25, 0.3) is 0 Å². The van der Waals surface area contributed by atoms with Crippen LogP contribution in [0.2, 0.25) is 0 Å². The molecular weight excluding hydrogens is 293 g/mol. The van der Waals surface area contributed by atoms with Crippen molar-refractivity contribution in [3.63, 3.8) is 0 Å². The molecule has 2 saturated heterocycles. The maximum Gasteiger partial charge on any atom is 0.141 e. The van der Waals surface area contributed by atoms with Gasteiger partial charge >= 0.3 is 0 Å². The Hall–Kier alpha value is -1.95. The van der Waals surface area contributed by atoms with Crippen LogP contribution in [0, 0.1) is 24.6 Å². The molecule has 23 heavy (non-hydrogen) atoms. The molecule has 5 nitrogen and oxygen atoms in total. The lowest BCUT2D eigenvalue weighted by atomic mass is 10.0. The summed E-state index contributed by atoms with van der Waals surface area (Å²) in [6.07, 6.45) is 5.31. The molecule has 2 aliphatic heterocycles. The number of anilines is 1. The Morgan fingerprint density at radius 2 is 1.87 bits per heavy atom. The molecule has 2 atom stereocenters. The Morgan fingerprint density at radius 3 is 2.48 bits per heavy atom. The number of hydrogen-bond acceptors (Lipinski definition) is 4.